The van der Waals surface area contributed by atoms with Crippen LogP contribution in [0, 0.1) is 5.92 Å². The van der Waals surface area contributed by atoms with Gasteiger partial charge in [-0.05, 0) is 57.5 Å². The van der Waals surface area contributed by atoms with Gasteiger partial charge in [0.05, 0.1) is 26.2 Å². The standard InChI is InChI=1S/C18H27NO4/c1-4-22-17-12-14(6-7-16(17)21-3)13-19-10-8-15(9-11-19)18(20)23-5-2/h6-7,12,15H,4-5,8-11,13H2,1-3H3. The van der Waals surface area contributed by atoms with Crippen LogP contribution < -0.4 is 9.47 Å². The molecule has 0 aliphatic carbocycles. The zero-order valence-corrected chi connectivity index (χ0v) is 14.3. The highest BCUT2D eigenvalue weighted by Crippen LogP contribution is 2.29. The molecule has 0 atom stereocenters. The summed E-state index contributed by atoms with van der Waals surface area (Å²) in [5.41, 5.74) is 1.20. The molecule has 0 spiro atoms. The van der Waals surface area contributed by atoms with Crippen LogP contribution in [-0.2, 0) is 16.1 Å². The van der Waals surface area contributed by atoms with E-state index in [1.165, 1.54) is 5.56 Å². The van der Waals surface area contributed by atoms with Crippen molar-refractivity contribution in [3.63, 3.8) is 0 Å². The van der Waals surface area contributed by atoms with Gasteiger partial charge in [0.25, 0.3) is 0 Å². The van der Waals surface area contributed by atoms with Gasteiger partial charge in [0.1, 0.15) is 0 Å². The second-order valence-corrected chi connectivity index (χ2v) is 5.72. The molecule has 0 amide bonds. The van der Waals surface area contributed by atoms with Crippen molar-refractivity contribution in [3.05, 3.63) is 23.8 Å². The van der Waals surface area contributed by atoms with Gasteiger partial charge in [-0.25, -0.2) is 0 Å². The second-order valence-electron chi connectivity index (χ2n) is 5.72. The number of benzene rings is 1. The van der Waals surface area contributed by atoms with Crippen molar-refractivity contribution in [3.8, 4) is 11.5 Å². The van der Waals surface area contributed by atoms with Gasteiger partial charge in [-0.1, -0.05) is 6.07 Å². The third-order valence-corrected chi connectivity index (χ3v) is 4.14. The number of rotatable bonds is 7. The second kappa shape index (κ2) is 8.77. The molecule has 1 aromatic carbocycles. The molecule has 0 aromatic heterocycles. The van der Waals surface area contributed by atoms with Gasteiger partial charge in [0.2, 0.25) is 0 Å². The summed E-state index contributed by atoms with van der Waals surface area (Å²) in [6.07, 6.45) is 1.74. The lowest BCUT2D eigenvalue weighted by Crippen LogP contribution is -2.36. The Balaban J connectivity index is 1.91. The summed E-state index contributed by atoms with van der Waals surface area (Å²) in [5, 5.41) is 0. The Labute approximate surface area is 138 Å². The fraction of sp³-hybridized carbons (Fsp3) is 0.611. The van der Waals surface area contributed by atoms with Gasteiger partial charge >= 0.3 is 5.97 Å². The van der Waals surface area contributed by atoms with Crippen LogP contribution in [0.5, 0.6) is 11.5 Å². The first kappa shape index (κ1) is 17.6. The zero-order chi connectivity index (χ0) is 16.7. The Bertz CT molecular complexity index is 510. The Morgan fingerprint density at radius 2 is 1.91 bits per heavy atom. The number of carbonyl (C=O) groups excluding carboxylic acids is 1. The average molecular weight is 321 g/mol. The Morgan fingerprint density at radius 1 is 1.17 bits per heavy atom. The Morgan fingerprint density at radius 3 is 2.52 bits per heavy atom. The number of methoxy groups -OCH3 is 1. The first-order valence-corrected chi connectivity index (χ1v) is 8.36. The molecule has 1 fully saturated rings. The molecule has 23 heavy (non-hydrogen) atoms. The van der Waals surface area contributed by atoms with Crippen LogP contribution in [0.15, 0.2) is 18.2 Å². The zero-order valence-electron chi connectivity index (χ0n) is 14.3. The first-order chi connectivity index (χ1) is 11.2. The molecule has 0 saturated carbocycles. The minimum Gasteiger partial charge on any atom is -0.493 e. The maximum absolute atomic E-state index is 11.8. The molecular weight excluding hydrogens is 294 g/mol. The topological polar surface area (TPSA) is 48.0 Å². The molecule has 128 valence electrons. The number of esters is 1. The molecule has 1 saturated heterocycles. The number of nitrogens with zero attached hydrogens (tertiary/aromatic N) is 1. The number of ether oxygens (including phenoxy) is 3. The summed E-state index contributed by atoms with van der Waals surface area (Å²) in [4.78, 5) is 14.1. The predicted molar refractivity (Wildman–Crippen MR) is 88.8 cm³/mol. The molecule has 1 aromatic rings. The summed E-state index contributed by atoms with van der Waals surface area (Å²) in [7, 11) is 1.65. The minimum atomic E-state index is -0.0461. The molecule has 1 aliphatic rings. The van der Waals surface area contributed by atoms with Crippen molar-refractivity contribution in [2.45, 2.75) is 33.2 Å². The molecule has 0 N–H and O–H groups in total. The van der Waals surface area contributed by atoms with E-state index in [1.807, 2.05) is 26.0 Å². The lowest BCUT2D eigenvalue weighted by atomic mass is 9.96. The number of piperidine rings is 1. The van der Waals surface area contributed by atoms with E-state index in [2.05, 4.69) is 11.0 Å². The van der Waals surface area contributed by atoms with Gasteiger partial charge in [0, 0.05) is 6.54 Å². The Hall–Kier alpha value is -1.75. The van der Waals surface area contributed by atoms with Crippen molar-refractivity contribution in [2.75, 3.05) is 33.4 Å². The lowest BCUT2D eigenvalue weighted by molar-refractivity contribution is -0.149. The SMILES string of the molecule is CCOC(=O)C1CCN(Cc2ccc(OC)c(OCC)c2)CC1. The van der Waals surface area contributed by atoms with Crippen LogP contribution in [0.1, 0.15) is 32.3 Å². The number of likely N-dealkylation sites (tertiary alicyclic amines) is 1. The largest absolute Gasteiger partial charge is 0.493 e. The summed E-state index contributed by atoms with van der Waals surface area (Å²) in [6.45, 7) is 7.59. The third-order valence-electron chi connectivity index (χ3n) is 4.14. The molecule has 5 nitrogen and oxygen atoms in total. The van der Waals surface area contributed by atoms with E-state index in [-0.39, 0.29) is 11.9 Å². The summed E-state index contributed by atoms with van der Waals surface area (Å²) >= 11 is 0. The average Bonchev–Trinajstić information content (AvgIpc) is 2.56. The van der Waals surface area contributed by atoms with E-state index in [1.54, 1.807) is 7.11 Å². The van der Waals surface area contributed by atoms with Gasteiger partial charge < -0.3 is 14.2 Å². The first-order valence-electron chi connectivity index (χ1n) is 8.36. The highest BCUT2D eigenvalue weighted by molar-refractivity contribution is 5.72. The van der Waals surface area contributed by atoms with Gasteiger partial charge in [-0.3, -0.25) is 9.69 Å². The summed E-state index contributed by atoms with van der Waals surface area (Å²) in [5.74, 6) is 1.56. The van der Waals surface area contributed by atoms with Crippen molar-refractivity contribution in [1.29, 1.82) is 0 Å². The fourth-order valence-electron chi connectivity index (χ4n) is 2.93. The molecular formula is C18H27NO4. The maximum Gasteiger partial charge on any atom is 0.309 e. The maximum atomic E-state index is 11.8. The van der Waals surface area contributed by atoms with Crippen LogP contribution in [0.2, 0.25) is 0 Å². The molecule has 1 aliphatic heterocycles. The van der Waals surface area contributed by atoms with Crippen LogP contribution in [0.25, 0.3) is 0 Å². The number of hydrogen-bond acceptors (Lipinski definition) is 5. The van der Waals surface area contributed by atoms with Gasteiger partial charge in [0.15, 0.2) is 11.5 Å². The normalized spacial score (nSPS) is 16.1. The summed E-state index contributed by atoms with van der Waals surface area (Å²) < 4.78 is 16.1. The van der Waals surface area contributed by atoms with Crippen molar-refractivity contribution >= 4 is 5.97 Å². The van der Waals surface area contributed by atoms with E-state index in [0.29, 0.717) is 13.2 Å². The monoisotopic (exact) mass is 321 g/mol. The van der Waals surface area contributed by atoms with Crippen molar-refractivity contribution < 1.29 is 19.0 Å². The van der Waals surface area contributed by atoms with Crippen molar-refractivity contribution in [1.82, 2.24) is 4.90 Å². The minimum absolute atomic E-state index is 0.0461. The van der Waals surface area contributed by atoms with Crippen LogP contribution in [0.3, 0.4) is 0 Å². The van der Waals surface area contributed by atoms with E-state index in [4.69, 9.17) is 14.2 Å². The highest BCUT2D eigenvalue weighted by atomic mass is 16.5. The lowest BCUT2D eigenvalue weighted by Gasteiger charge is -2.30. The van der Waals surface area contributed by atoms with Gasteiger partial charge in [-0.15, -0.1) is 0 Å². The Kier molecular flexibility index (Phi) is 6.71. The predicted octanol–water partition coefficient (Wildman–Crippen LogP) is 2.87. The van der Waals surface area contributed by atoms with E-state index < -0.39 is 0 Å². The van der Waals surface area contributed by atoms with Crippen LogP contribution in [0.4, 0.5) is 0 Å². The van der Waals surface area contributed by atoms with Crippen LogP contribution >= 0.6 is 0 Å². The fourth-order valence-corrected chi connectivity index (χ4v) is 2.93. The molecule has 0 bridgehead atoms. The molecule has 1 heterocycles. The summed E-state index contributed by atoms with van der Waals surface area (Å²) in [6, 6.07) is 6.06. The molecule has 2 rings (SSSR count). The number of hydrogen-bond donors (Lipinski definition) is 0. The highest BCUT2D eigenvalue weighted by Gasteiger charge is 2.25. The molecule has 0 unspecified atom stereocenters. The number of carbonyl (C=O) groups is 1. The molecule has 5 heteroatoms. The quantitative estimate of drug-likeness (QED) is 0.723. The van der Waals surface area contributed by atoms with E-state index >= 15 is 0 Å². The van der Waals surface area contributed by atoms with E-state index in [9.17, 15) is 4.79 Å². The molecule has 0 radical (unpaired) electrons. The third kappa shape index (κ3) is 4.86. The van der Waals surface area contributed by atoms with Crippen molar-refractivity contribution in [2.24, 2.45) is 5.92 Å². The smallest absolute Gasteiger partial charge is 0.309 e. The van der Waals surface area contributed by atoms with Gasteiger partial charge in [-0.2, -0.15) is 0 Å². The van der Waals surface area contributed by atoms with E-state index in [0.717, 1.165) is 44.0 Å². The van der Waals surface area contributed by atoms with Crippen LogP contribution in [-0.4, -0.2) is 44.3 Å².